The van der Waals surface area contributed by atoms with Crippen LogP contribution in [-0.2, 0) is 23.7 Å². The second-order valence-electron chi connectivity index (χ2n) is 3.87. The molecule has 0 bridgehead atoms. The van der Waals surface area contributed by atoms with E-state index in [2.05, 4.69) is 5.32 Å². The van der Waals surface area contributed by atoms with E-state index in [-0.39, 0.29) is 5.91 Å². The number of ether oxygens (including phenoxy) is 4. The minimum atomic E-state index is 0.0358. The van der Waals surface area contributed by atoms with E-state index < -0.39 is 0 Å². The van der Waals surface area contributed by atoms with Crippen LogP contribution in [0.3, 0.4) is 0 Å². The Morgan fingerprint density at radius 1 is 0.947 bits per heavy atom. The van der Waals surface area contributed by atoms with Crippen LogP contribution in [0.25, 0.3) is 0 Å². The van der Waals surface area contributed by atoms with E-state index in [9.17, 15) is 4.79 Å². The maximum atomic E-state index is 11.3. The summed E-state index contributed by atoms with van der Waals surface area (Å²) in [5.41, 5.74) is 0. The van der Waals surface area contributed by atoms with Gasteiger partial charge >= 0.3 is 0 Å². The molecule has 0 radical (unpaired) electrons. The van der Waals surface area contributed by atoms with Gasteiger partial charge < -0.3 is 24.3 Å². The molecule has 0 aliphatic heterocycles. The van der Waals surface area contributed by atoms with E-state index in [0.29, 0.717) is 59.2 Å². The second kappa shape index (κ2) is 15.4. The van der Waals surface area contributed by atoms with Crippen molar-refractivity contribution in [2.45, 2.75) is 19.8 Å². The molecule has 1 N–H and O–H groups in total. The van der Waals surface area contributed by atoms with Crippen molar-refractivity contribution in [2.75, 3.05) is 59.9 Å². The third kappa shape index (κ3) is 15.3. The number of carbonyl (C=O) groups excluding carboxylic acids is 1. The summed E-state index contributed by atoms with van der Waals surface area (Å²) in [7, 11) is 1.63. The van der Waals surface area contributed by atoms with Gasteiger partial charge in [0.05, 0.1) is 33.0 Å². The fraction of sp³-hybridized carbons (Fsp3) is 0.923. The second-order valence-corrected chi connectivity index (χ2v) is 3.87. The van der Waals surface area contributed by atoms with Crippen LogP contribution in [0.2, 0.25) is 0 Å². The minimum Gasteiger partial charge on any atom is -0.385 e. The normalized spacial score (nSPS) is 10.6. The van der Waals surface area contributed by atoms with Crippen LogP contribution >= 0.6 is 0 Å². The van der Waals surface area contributed by atoms with Crippen molar-refractivity contribution < 1.29 is 23.7 Å². The molecule has 0 aliphatic carbocycles. The van der Waals surface area contributed by atoms with E-state index in [0.717, 1.165) is 6.42 Å². The first kappa shape index (κ1) is 18.3. The molecule has 0 rings (SSSR count). The number of hydrogen-bond acceptors (Lipinski definition) is 5. The molecule has 114 valence electrons. The highest BCUT2D eigenvalue weighted by Crippen LogP contribution is 1.88. The highest BCUT2D eigenvalue weighted by atomic mass is 16.5. The van der Waals surface area contributed by atoms with Crippen LogP contribution in [-0.4, -0.2) is 65.8 Å². The molecule has 1 amide bonds. The van der Waals surface area contributed by atoms with Gasteiger partial charge in [-0.15, -0.1) is 0 Å². The van der Waals surface area contributed by atoms with E-state index in [1.807, 2.05) is 6.92 Å². The summed E-state index contributed by atoms with van der Waals surface area (Å²) in [5.74, 6) is 0.0358. The zero-order valence-corrected chi connectivity index (χ0v) is 12.1. The van der Waals surface area contributed by atoms with Crippen LogP contribution in [0.4, 0.5) is 0 Å². The molecule has 0 spiro atoms. The molecule has 6 heteroatoms. The topological polar surface area (TPSA) is 66.0 Å². The Morgan fingerprint density at radius 2 is 1.58 bits per heavy atom. The van der Waals surface area contributed by atoms with Gasteiger partial charge in [-0.05, 0) is 13.3 Å². The fourth-order valence-electron chi connectivity index (χ4n) is 1.31. The summed E-state index contributed by atoms with van der Waals surface area (Å²) in [6.45, 7) is 6.61. The molecule has 0 atom stereocenters. The van der Waals surface area contributed by atoms with Crippen molar-refractivity contribution in [1.82, 2.24) is 5.32 Å². The molecule has 6 nitrogen and oxygen atoms in total. The maximum Gasteiger partial charge on any atom is 0.220 e. The van der Waals surface area contributed by atoms with Crippen LogP contribution in [0.5, 0.6) is 0 Å². The molecule has 0 aromatic rings. The zero-order valence-electron chi connectivity index (χ0n) is 12.1. The third-order valence-corrected chi connectivity index (χ3v) is 2.27. The van der Waals surface area contributed by atoms with Crippen molar-refractivity contribution in [3.05, 3.63) is 0 Å². The van der Waals surface area contributed by atoms with Gasteiger partial charge in [0.25, 0.3) is 0 Å². The Balaban J connectivity index is 3.07. The number of hydrogen-bond donors (Lipinski definition) is 1. The molecule has 0 saturated heterocycles. The zero-order chi connectivity index (χ0) is 14.2. The monoisotopic (exact) mass is 277 g/mol. The van der Waals surface area contributed by atoms with Crippen molar-refractivity contribution in [3.63, 3.8) is 0 Å². The van der Waals surface area contributed by atoms with Crippen LogP contribution in [0.15, 0.2) is 0 Å². The number of rotatable bonds is 14. The van der Waals surface area contributed by atoms with Crippen LogP contribution < -0.4 is 5.32 Å². The maximum absolute atomic E-state index is 11.3. The average Bonchev–Trinajstić information content (AvgIpc) is 2.41. The molecule has 0 aliphatic rings. The standard InChI is InChI=1S/C13H27NO5/c1-3-17-9-10-19-12-11-18-8-6-14-13(15)5-4-7-16-2/h3-12H2,1-2H3,(H,14,15). The van der Waals surface area contributed by atoms with Gasteiger partial charge in [-0.2, -0.15) is 0 Å². The minimum absolute atomic E-state index is 0.0358. The molecule has 0 heterocycles. The summed E-state index contributed by atoms with van der Waals surface area (Å²) in [6, 6.07) is 0. The number of amides is 1. The van der Waals surface area contributed by atoms with E-state index in [1.165, 1.54) is 0 Å². The van der Waals surface area contributed by atoms with Gasteiger partial charge in [0.1, 0.15) is 0 Å². The van der Waals surface area contributed by atoms with E-state index in [4.69, 9.17) is 18.9 Å². The van der Waals surface area contributed by atoms with Gasteiger partial charge in [-0.3, -0.25) is 4.79 Å². The number of methoxy groups -OCH3 is 1. The Bertz CT molecular complexity index is 201. The third-order valence-electron chi connectivity index (χ3n) is 2.27. The summed E-state index contributed by atoms with van der Waals surface area (Å²) < 4.78 is 20.6. The lowest BCUT2D eigenvalue weighted by Gasteiger charge is -2.07. The molecule has 0 fully saturated rings. The van der Waals surface area contributed by atoms with E-state index >= 15 is 0 Å². The van der Waals surface area contributed by atoms with Crippen molar-refractivity contribution >= 4 is 5.91 Å². The highest BCUT2D eigenvalue weighted by molar-refractivity contribution is 5.75. The van der Waals surface area contributed by atoms with Crippen molar-refractivity contribution in [1.29, 1.82) is 0 Å². The van der Waals surface area contributed by atoms with Crippen molar-refractivity contribution in [2.24, 2.45) is 0 Å². The molecule has 0 aromatic carbocycles. The van der Waals surface area contributed by atoms with Gasteiger partial charge in [0, 0.05) is 33.3 Å². The highest BCUT2D eigenvalue weighted by Gasteiger charge is 1.99. The van der Waals surface area contributed by atoms with Crippen LogP contribution in [0.1, 0.15) is 19.8 Å². The molecule has 0 unspecified atom stereocenters. The first-order chi connectivity index (χ1) is 9.31. The summed E-state index contributed by atoms with van der Waals surface area (Å²) in [6.07, 6.45) is 1.24. The molecular weight excluding hydrogens is 250 g/mol. The summed E-state index contributed by atoms with van der Waals surface area (Å²) >= 11 is 0. The largest absolute Gasteiger partial charge is 0.385 e. The summed E-state index contributed by atoms with van der Waals surface area (Å²) in [5, 5.41) is 2.78. The Morgan fingerprint density at radius 3 is 2.21 bits per heavy atom. The smallest absolute Gasteiger partial charge is 0.220 e. The molecule has 0 saturated carbocycles. The first-order valence-corrected chi connectivity index (χ1v) is 6.80. The average molecular weight is 277 g/mol. The van der Waals surface area contributed by atoms with Gasteiger partial charge in [-0.25, -0.2) is 0 Å². The molecule has 0 aromatic heterocycles. The number of carbonyl (C=O) groups is 1. The summed E-state index contributed by atoms with van der Waals surface area (Å²) in [4.78, 5) is 11.3. The van der Waals surface area contributed by atoms with Crippen LogP contribution in [0, 0.1) is 0 Å². The van der Waals surface area contributed by atoms with E-state index in [1.54, 1.807) is 7.11 Å². The SMILES string of the molecule is CCOCCOCCOCCNC(=O)CCCOC. The lowest BCUT2D eigenvalue weighted by molar-refractivity contribution is -0.121. The predicted octanol–water partition coefficient (Wildman–Crippen LogP) is 0.599. The van der Waals surface area contributed by atoms with Gasteiger partial charge in [0.2, 0.25) is 5.91 Å². The Labute approximate surface area is 115 Å². The fourth-order valence-corrected chi connectivity index (χ4v) is 1.31. The van der Waals surface area contributed by atoms with Crippen molar-refractivity contribution in [3.8, 4) is 0 Å². The molecule has 19 heavy (non-hydrogen) atoms. The molecular formula is C13H27NO5. The Kier molecular flexibility index (Phi) is 14.8. The van der Waals surface area contributed by atoms with Gasteiger partial charge in [-0.1, -0.05) is 0 Å². The predicted molar refractivity (Wildman–Crippen MR) is 72.3 cm³/mol. The lowest BCUT2D eigenvalue weighted by atomic mass is 10.3. The number of nitrogens with one attached hydrogen (secondary N) is 1. The first-order valence-electron chi connectivity index (χ1n) is 6.80. The quantitative estimate of drug-likeness (QED) is 0.471. The Hall–Kier alpha value is -0.690. The van der Waals surface area contributed by atoms with Gasteiger partial charge in [0.15, 0.2) is 0 Å². The lowest BCUT2D eigenvalue weighted by Crippen LogP contribution is -2.27.